The molecule has 1 aromatic carbocycles. The zero-order chi connectivity index (χ0) is 16.3. The van der Waals surface area contributed by atoms with Gasteiger partial charge in [-0.1, -0.05) is 24.7 Å². The number of hydrogen-bond donors (Lipinski definition) is 0. The Balaban J connectivity index is 2.28. The van der Waals surface area contributed by atoms with Gasteiger partial charge in [-0.25, -0.2) is 8.42 Å². The van der Waals surface area contributed by atoms with Crippen molar-refractivity contribution in [1.29, 1.82) is 0 Å². The summed E-state index contributed by atoms with van der Waals surface area (Å²) in [5, 5.41) is 0.270. The summed E-state index contributed by atoms with van der Waals surface area (Å²) in [5.41, 5.74) is 1.01. The fourth-order valence-corrected chi connectivity index (χ4v) is 4.56. The number of nitrogens with zero attached hydrogens (tertiary/aromatic N) is 1. The minimum atomic E-state index is -4.24. The van der Waals surface area contributed by atoms with E-state index in [1.54, 1.807) is 18.4 Å². The van der Waals surface area contributed by atoms with Gasteiger partial charge in [0.15, 0.2) is 6.54 Å². The third kappa shape index (κ3) is 3.77. The highest BCUT2D eigenvalue weighted by molar-refractivity contribution is 7.86. The number of aryl methyl sites for hydroxylation is 2. The van der Waals surface area contributed by atoms with Crippen molar-refractivity contribution in [2.45, 2.75) is 44.9 Å². The van der Waals surface area contributed by atoms with Crippen molar-refractivity contribution >= 4 is 31.7 Å². The summed E-state index contributed by atoms with van der Waals surface area (Å²) in [6.07, 6.45) is 1.44. The van der Waals surface area contributed by atoms with Crippen LogP contribution in [0.4, 0.5) is 0 Å². The molecule has 0 N–H and O–H groups in total. The first kappa shape index (κ1) is 17.2. The Morgan fingerprint density at radius 1 is 1.36 bits per heavy atom. The smallest absolute Gasteiger partial charge is 0.235 e. The summed E-state index contributed by atoms with van der Waals surface area (Å²) in [5.74, 6) is 0.764. The fourth-order valence-electron chi connectivity index (χ4n) is 2.61. The standard InChI is InChI=1S/C15H21NO4S2/c1-4-5-13(22(17,18)19)8-9-16-11(2)21-15-7-6-12(20-3)10-14(15)16/h6-7,10,13H,4-5,8-9H2,1-3H3/t13-/m0/s1. The van der Waals surface area contributed by atoms with Crippen molar-refractivity contribution in [2.75, 3.05) is 7.11 Å². The fraction of sp³-hybridized carbons (Fsp3) is 0.533. The highest BCUT2D eigenvalue weighted by atomic mass is 32.2. The second-order valence-electron chi connectivity index (χ2n) is 5.30. The van der Waals surface area contributed by atoms with Crippen LogP contribution in [-0.2, 0) is 16.7 Å². The number of thiazole rings is 1. The summed E-state index contributed by atoms with van der Waals surface area (Å²) in [4.78, 5) is 0. The maximum Gasteiger partial charge on any atom is 0.235 e. The lowest BCUT2D eigenvalue weighted by Crippen LogP contribution is -2.38. The average Bonchev–Trinajstić information content (AvgIpc) is 2.77. The Hall–Kier alpha value is -1.18. The largest absolute Gasteiger partial charge is 0.748 e. The van der Waals surface area contributed by atoms with Crippen LogP contribution in [0.15, 0.2) is 18.2 Å². The summed E-state index contributed by atoms with van der Waals surface area (Å²) >= 11 is 1.65. The zero-order valence-electron chi connectivity index (χ0n) is 13.0. The maximum atomic E-state index is 11.3. The van der Waals surface area contributed by atoms with E-state index in [2.05, 4.69) is 4.57 Å². The molecule has 1 atom stereocenters. The number of hydrogen-bond acceptors (Lipinski definition) is 5. The molecule has 0 aliphatic heterocycles. The molecule has 0 amide bonds. The molecule has 5 nitrogen and oxygen atoms in total. The molecule has 0 radical (unpaired) electrons. The molecule has 22 heavy (non-hydrogen) atoms. The van der Waals surface area contributed by atoms with Gasteiger partial charge in [-0.05, 0) is 18.6 Å². The lowest BCUT2D eigenvalue weighted by atomic mass is 10.2. The molecule has 2 rings (SSSR count). The van der Waals surface area contributed by atoms with E-state index in [1.165, 1.54) is 0 Å². The van der Waals surface area contributed by atoms with Gasteiger partial charge in [0.25, 0.3) is 0 Å². The molecule has 0 bridgehead atoms. The summed E-state index contributed by atoms with van der Waals surface area (Å²) in [7, 11) is -2.63. The van der Waals surface area contributed by atoms with Crippen LogP contribution in [0.1, 0.15) is 31.2 Å². The van der Waals surface area contributed by atoms with Crippen LogP contribution in [0, 0.1) is 6.92 Å². The van der Waals surface area contributed by atoms with Gasteiger partial charge in [0.1, 0.15) is 10.4 Å². The van der Waals surface area contributed by atoms with Crippen molar-refractivity contribution in [3.8, 4) is 5.75 Å². The number of aromatic nitrogens is 1. The third-order valence-electron chi connectivity index (χ3n) is 3.79. The second kappa shape index (κ2) is 6.93. The lowest BCUT2D eigenvalue weighted by molar-refractivity contribution is -0.673. The van der Waals surface area contributed by atoms with Crippen LogP contribution in [0.5, 0.6) is 5.75 Å². The molecular weight excluding hydrogens is 322 g/mol. The van der Waals surface area contributed by atoms with Gasteiger partial charge < -0.3 is 9.29 Å². The van der Waals surface area contributed by atoms with Crippen LogP contribution in [0.3, 0.4) is 0 Å². The van der Waals surface area contributed by atoms with Crippen LogP contribution in [0.25, 0.3) is 10.2 Å². The predicted octanol–water partition coefficient (Wildman–Crippen LogP) is 2.61. The zero-order valence-corrected chi connectivity index (χ0v) is 14.7. The normalized spacial score (nSPS) is 13.5. The van der Waals surface area contributed by atoms with Gasteiger partial charge >= 0.3 is 0 Å². The number of rotatable bonds is 7. The van der Waals surface area contributed by atoms with Gasteiger partial charge in [0.05, 0.1) is 28.5 Å². The quantitative estimate of drug-likeness (QED) is 0.572. The molecule has 0 saturated heterocycles. The number of methoxy groups -OCH3 is 1. The highest BCUT2D eigenvalue weighted by Gasteiger charge is 2.22. The van der Waals surface area contributed by atoms with Crippen molar-refractivity contribution in [2.24, 2.45) is 0 Å². The van der Waals surface area contributed by atoms with E-state index in [0.717, 1.165) is 21.0 Å². The SMILES string of the molecule is CCC[C@@H](CC[n+]1c(C)sc2ccc(OC)cc21)S(=O)(=O)[O-]. The Morgan fingerprint density at radius 3 is 2.68 bits per heavy atom. The Bertz CT molecular complexity index is 752. The van der Waals surface area contributed by atoms with E-state index in [0.29, 0.717) is 25.8 Å². The van der Waals surface area contributed by atoms with Crippen LogP contribution in [-0.4, -0.2) is 25.3 Å². The molecule has 1 heterocycles. The average molecular weight is 343 g/mol. The summed E-state index contributed by atoms with van der Waals surface area (Å²) < 4.78 is 42.5. The number of benzene rings is 1. The van der Waals surface area contributed by atoms with Gasteiger partial charge in [0, 0.05) is 13.3 Å². The van der Waals surface area contributed by atoms with Crippen molar-refractivity contribution in [3.05, 3.63) is 23.2 Å². The van der Waals surface area contributed by atoms with Crippen LogP contribution >= 0.6 is 11.3 Å². The number of ether oxygens (including phenoxy) is 1. The van der Waals surface area contributed by atoms with E-state index in [4.69, 9.17) is 4.74 Å². The maximum absolute atomic E-state index is 11.3. The molecule has 0 saturated carbocycles. The van der Waals surface area contributed by atoms with Crippen molar-refractivity contribution in [1.82, 2.24) is 0 Å². The van der Waals surface area contributed by atoms with Crippen LogP contribution < -0.4 is 9.30 Å². The van der Waals surface area contributed by atoms with E-state index < -0.39 is 15.4 Å². The topological polar surface area (TPSA) is 70.3 Å². The second-order valence-corrected chi connectivity index (χ2v) is 8.19. The van der Waals surface area contributed by atoms with Gasteiger partial charge in [-0.2, -0.15) is 4.57 Å². The van der Waals surface area contributed by atoms with E-state index >= 15 is 0 Å². The first-order chi connectivity index (χ1) is 10.4. The van der Waals surface area contributed by atoms with Crippen molar-refractivity contribution in [3.63, 3.8) is 0 Å². The minimum absolute atomic E-state index is 0.341. The first-order valence-corrected chi connectivity index (χ1v) is 9.57. The highest BCUT2D eigenvalue weighted by Crippen LogP contribution is 2.24. The molecule has 0 aliphatic rings. The molecular formula is C15H21NO4S2. The Labute approximate surface area is 135 Å². The Morgan fingerprint density at radius 2 is 2.09 bits per heavy atom. The van der Waals surface area contributed by atoms with Gasteiger partial charge in [-0.15, -0.1) is 0 Å². The molecule has 7 heteroatoms. The van der Waals surface area contributed by atoms with Crippen molar-refractivity contribution < 1.29 is 22.3 Å². The molecule has 122 valence electrons. The molecule has 0 unspecified atom stereocenters. The lowest BCUT2D eigenvalue weighted by Gasteiger charge is -2.18. The van der Waals surface area contributed by atoms with E-state index in [-0.39, 0.29) is 0 Å². The molecule has 2 aromatic rings. The van der Waals surface area contributed by atoms with E-state index in [9.17, 15) is 13.0 Å². The Kier molecular flexibility index (Phi) is 5.41. The minimum Gasteiger partial charge on any atom is -0.748 e. The molecule has 0 spiro atoms. The van der Waals surface area contributed by atoms with Gasteiger partial charge in [-0.3, -0.25) is 0 Å². The predicted molar refractivity (Wildman–Crippen MR) is 86.3 cm³/mol. The first-order valence-electron chi connectivity index (χ1n) is 7.28. The number of fused-ring (bicyclic) bond motifs is 1. The van der Waals surface area contributed by atoms with E-state index in [1.807, 2.05) is 32.0 Å². The molecule has 1 aromatic heterocycles. The molecule has 0 fully saturated rings. The third-order valence-corrected chi connectivity index (χ3v) is 6.16. The van der Waals surface area contributed by atoms with Crippen LogP contribution in [0.2, 0.25) is 0 Å². The monoisotopic (exact) mass is 343 g/mol. The molecule has 0 aliphatic carbocycles. The van der Waals surface area contributed by atoms with Gasteiger partial charge in [0.2, 0.25) is 10.5 Å². The summed E-state index contributed by atoms with van der Waals surface area (Å²) in [6, 6.07) is 5.85. The summed E-state index contributed by atoms with van der Waals surface area (Å²) in [6.45, 7) is 4.41.